The molecule has 0 aromatic heterocycles. The summed E-state index contributed by atoms with van der Waals surface area (Å²) in [4.78, 5) is 13.3. The van der Waals surface area contributed by atoms with Gasteiger partial charge in [0, 0.05) is 42.1 Å². The molecule has 2 heterocycles. The van der Waals surface area contributed by atoms with Gasteiger partial charge in [-0.25, -0.2) is 0 Å². The number of carboxylic acids is 1. The molecule has 1 aromatic carbocycles. The zero-order valence-electron chi connectivity index (χ0n) is 11.6. The van der Waals surface area contributed by atoms with Crippen molar-refractivity contribution in [3.8, 4) is 5.75 Å². The molecule has 1 fully saturated rings. The van der Waals surface area contributed by atoms with Crippen LogP contribution in [0.1, 0.15) is 12.0 Å². The Hall–Kier alpha value is -0.910. The fraction of sp³-hybridized carbons (Fsp3) is 0.533. The maximum absolute atomic E-state index is 11.0. The molecule has 1 aromatic rings. The average Bonchev–Trinajstić information content (AvgIpc) is 2.82. The lowest BCUT2D eigenvalue weighted by molar-refractivity contribution is -0.138. The van der Waals surface area contributed by atoms with Gasteiger partial charge in [0.25, 0.3) is 0 Å². The summed E-state index contributed by atoms with van der Waals surface area (Å²) in [7, 11) is 0. The van der Waals surface area contributed by atoms with Crippen LogP contribution in [0.4, 0.5) is 0 Å². The summed E-state index contributed by atoms with van der Waals surface area (Å²) < 4.78 is 5.96. The third kappa shape index (κ3) is 3.65. The molecule has 0 aliphatic carbocycles. The Morgan fingerprint density at radius 3 is 3.19 bits per heavy atom. The molecular weight excluding hydrogens is 310 g/mol. The topological polar surface area (TPSA) is 49.8 Å². The van der Waals surface area contributed by atoms with E-state index in [0.717, 1.165) is 47.4 Å². The molecule has 0 radical (unpaired) electrons. The molecule has 2 aliphatic rings. The predicted molar refractivity (Wildman–Crippen MR) is 84.5 cm³/mol. The summed E-state index contributed by atoms with van der Waals surface area (Å²) in [5.74, 6) is 2.12. The van der Waals surface area contributed by atoms with E-state index in [-0.39, 0.29) is 18.6 Å². The fourth-order valence-electron chi connectivity index (χ4n) is 2.97. The molecule has 21 heavy (non-hydrogen) atoms. The van der Waals surface area contributed by atoms with E-state index in [0.29, 0.717) is 0 Å². The van der Waals surface area contributed by atoms with Crippen molar-refractivity contribution in [2.24, 2.45) is 0 Å². The van der Waals surface area contributed by atoms with Gasteiger partial charge in [0.1, 0.15) is 11.9 Å². The van der Waals surface area contributed by atoms with Crippen LogP contribution in [0, 0.1) is 0 Å². The maximum atomic E-state index is 11.0. The molecule has 0 amide bonds. The highest BCUT2D eigenvalue weighted by Gasteiger charge is 2.30. The van der Waals surface area contributed by atoms with Crippen LogP contribution >= 0.6 is 23.4 Å². The Labute approximate surface area is 133 Å². The Balaban J connectivity index is 1.62. The van der Waals surface area contributed by atoms with Crippen LogP contribution in [0.2, 0.25) is 5.02 Å². The number of aliphatic carboxylic acids is 1. The summed E-state index contributed by atoms with van der Waals surface area (Å²) in [5, 5.41) is 9.77. The zero-order chi connectivity index (χ0) is 14.8. The van der Waals surface area contributed by atoms with Gasteiger partial charge in [0.15, 0.2) is 0 Å². The van der Waals surface area contributed by atoms with E-state index in [1.54, 1.807) is 0 Å². The van der Waals surface area contributed by atoms with E-state index in [4.69, 9.17) is 21.4 Å². The third-order valence-corrected chi connectivity index (χ3v) is 5.29. The summed E-state index contributed by atoms with van der Waals surface area (Å²) >= 11 is 7.84. The molecule has 2 atom stereocenters. The number of ether oxygens (including phenoxy) is 1. The first kappa shape index (κ1) is 15.0. The van der Waals surface area contributed by atoms with Crippen molar-refractivity contribution in [1.29, 1.82) is 0 Å². The Kier molecular flexibility index (Phi) is 4.62. The van der Waals surface area contributed by atoms with Gasteiger partial charge in [0.05, 0.1) is 6.42 Å². The van der Waals surface area contributed by atoms with Crippen molar-refractivity contribution < 1.29 is 14.6 Å². The minimum Gasteiger partial charge on any atom is -0.488 e. The fourth-order valence-corrected chi connectivity index (χ4v) is 4.30. The first-order valence-corrected chi connectivity index (χ1v) is 8.64. The van der Waals surface area contributed by atoms with E-state index >= 15 is 0 Å². The van der Waals surface area contributed by atoms with Gasteiger partial charge in [-0.1, -0.05) is 11.6 Å². The number of carboxylic acid groups (broad SMARTS) is 1. The van der Waals surface area contributed by atoms with Crippen molar-refractivity contribution >= 4 is 29.3 Å². The Morgan fingerprint density at radius 1 is 1.52 bits per heavy atom. The van der Waals surface area contributed by atoms with Crippen molar-refractivity contribution in [1.82, 2.24) is 4.90 Å². The lowest BCUT2D eigenvalue weighted by atomic mass is 10.1. The smallest absolute Gasteiger partial charge is 0.304 e. The SMILES string of the molecule is O=C(O)CC1CSCCN1CC1Cc2cc(Cl)ccc2O1. The number of hydrogen-bond acceptors (Lipinski definition) is 4. The van der Waals surface area contributed by atoms with Crippen molar-refractivity contribution in [3.63, 3.8) is 0 Å². The second-order valence-electron chi connectivity index (χ2n) is 5.52. The number of fused-ring (bicyclic) bond motifs is 1. The van der Waals surface area contributed by atoms with Gasteiger partial charge in [0.2, 0.25) is 0 Å². The third-order valence-electron chi connectivity index (χ3n) is 3.96. The summed E-state index contributed by atoms with van der Waals surface area (Å²) in [6.07, 6.45) is 1.15. The molecule has 1 saturated heterocycles. The number of thioether (sulfide) groups is 1. The first-order valence-electron chi connectivity index (χ1n) is 7.10. The molecule has 3 rings (SSSR count). The quantitative estimate of drug-likeness (QED) is 0.921. The average molecular weight is 328 g/mol. The number of nitrogens with zero attached hydrogens (tertiary/aromatic N) is 1. The molecule has 6 heteroatoms. The summed E-state index contributed by atoms with van der Waals surface area (Å²) in [6, 6.07) is 5.82. The van der Waals surface area contributed by atoms with Crippen molar-refractivity contribution in [2.45, 2.75) is 25.0 Å². The molecule has 0 spiro atoms. The van der Waals surface area contributed by atoms with Crippen LogP contribution in [0.15, 0.2) is 18.2 Å². The van der Waals surface area contributed by atoms with E-state index in [9.17, 15) is 4.79 Å². The second-order valence-corrected chi connectivity index (χ2v) is 7.10. The first-order chi connectivity index (χ1) is 10.1. The number of carbonyl (C=O) groups is 1. The van der Waals surface area contributed by atoms with Crippen LogP contribution in [-0.4, -0.2) is 52.7 Å². The monoisotopic (exact) mass is 327 g/mol. The number of halogens is 1. The van der Waals surface area contributed by atoms with Crippen molar-refractivity contribution in [3.05, 3.63) is 28.8 Å². The molecule has 0 bridgehead atoms. The molecular formula is C15H18ClNO3S. The Bertz CT molecular complexity index is 540. The lowest BCUT2D eigenvalue weighted by Gasteiger charge is -2.35. The lowest BCUT2D eigenvalue weighted by Crippen LogP contribution is -2.47. The van der Waals surface area contributed by atoms with E-state index in [2.05, 4.69) is 4.90 Å². The van der Waals surface area contributed by atoms with Gasteiger partial charge >= 0.3 is 5.97 Å². The highest BCUT2D eigenvalue weighted by atomic mass is 35.5. The zero-order valence-corrected chi connectivity index (χ0v) is 13.2. The van der Waals surface area contributed by atoms with Crippen LogP contribution < -0.4 is 4.74 Å². The van der Waals surface area contributed by atoms with Gasteiger partial charge in [-0.2, -0.15) is 11.8 Å². The van der Waals surface area contributed by atoms with Crippen LogP contribution in [-0.2, 0) is 11.2 Å². The normalized spacial score (nSPS) is 25.4. The van der Waals surface area contributed by atoms with E-state index < -0.39 is 5.97 Å². The molecule has 4 nitrogen and oxygen atoms in total. The number of hydrogen-bond donors (Lipinski definition) is 1. The largest absolute Gasteiger partial charge is 0.488 e. The Morgan fingerprint density at radius 2 is 2.38 bits per heavy atom. The minimum absolute atomic E-state index is 0.0952. The second kappa shape index (κ2) is 6.46. The van der Waals surface area contributed by atoms with E-state index in [1.165, 1.54) is 0 Å². The minimum atomic E-state index is -0.727. The molecule has 2 aliphatic heterocycles. The summed E-state index contributed by atoms with van der Waals surface area (Å²) in [5.41, 5.74) is 1.15. The molecule has 0 saturated carbocycles. The molecule has 1 N–H and O–H groups in total. The van der Waals surface area contributed by atoms with Crippen LogP contribution in [0.5, 0.6) is 5.75 Å². The highest BCUT2D eigenvalue weighted by molar-refractivity contribution is 7.99. The summed E-state index contributed by atoms with van der Waals surface area (Å²) in [6.45, 7) is 1.71. The van der Waals surface area contributed by atoms with Gasteiger partial charge in [-0.3, -0.25) is 9.69 Å². The van der Waals surface area contributed by atoms with Crippen molar-refractivity contribution in [2.75, 3.05) is 24.6 Å². The van der Waals surface area contributed by atoms with E-state index in [1.807, 2.05) is 30.0 Å². The van der Waals surface area contributed by atoms with Gasteiger partial charge in [-0.15, -0.1) is 0 Å². The molecule has 2 unspecified atom stereocenters. The molecule has 114 valence electrons. The van der Waals surface area contributed by atoms with Crippen LogP contribution in [0.25, 0.3) is 0 Å². The number of benzene rings is 1. The number of rotatable bonds is 4. The highest BCUT2D eigenvalue weighted by Crippen LogP contribution is 2.32. The van der Waals surface area contributed by atoms with Crippen LogP contribution in [0.3, 0.4) is 0 Å². The van der Waals surface area contributed by atoms with Gasteiger partial charge in [-0.05, 0) is 23.8 Å². The maximum Gasteiger partial charge on any atom is 0.304 e. The van der Waals surface area contributed by atoms with Gasteiger partial charge < -0.3 is 9.84 Å². The predicted octanol–water partition coefficient (Wildman–Crippen LogP) is 2.54. The standard InChI is InChI=1S/C15H18ClNO3S/c16-11-1-2-14-10(5-11)6-13(20-14)8-17-3-4-21-9-12(17)7-15(18)19/h1-2,5,12-13H,3-4,6-9H2,(H,18,19).